The molecule has 0 radical (unpaired) electrons. The molecule has 0 heterocycles. The third kappa shape index (κ3) is 3.51. The highest BCUT2D eigenvalue weighted by atomic mass is 79.9. The number of anilines is 1. The number of amides is 2. The van der Waals surface area contributed by atoms with Crippen LogP contribution in [0.15, 0.2) is 58.6 Å². The van der Waals surface area contributed by atoms with Gasteiger partial charge in [-0.05, 0) is 36.6 Å². The van der Waals surface area contributed by atoms with Gasteiger partial charge in [-0.25, -0.2) is 4.79 Å². The Labute approximate surface area is 162 Å². The number of halogens is 1. The Morgan fingerprint density at radius 1 is 1.23 bits per heavy atom. The van der Waals surface area contributed by atoms with Crippen molar-refractivity contribution in [1.29, 1.82) is 5.26 Å². The molecule has 1 aliphatic rings. The Kier molecular flexibility index (Phi) is 5.15. The van der Waals surface area contributed by atoms with Crippen LogP contribution in [0.5, 0.6) is 0 Å². The number of rotatable bonds is 3. The van der Waals surface area contributed by atoms with E-state index in [4.69, 9.17) is 0 Å². The van der Waals surface area contributed by atoms with E-state index >= 15 is 0 Å². The summed E-state index contributed by atoms with van der Waals surface area (Å²) >= 11 is 3.39. The summed E-state index contributed by atoms with van der Waals surface area (Å²) in [6.45, 7) is 4.15. The van der Waals surface area contributed by atoms with E-state index in [1.165, 1.54) is 0 Å². The molecule has 0 aromatic heterocycles. The lowest BCUT2D eigenvalue weighted by Gasteiger charge is -2.35. The molecule has 0 unspecified atom stereocenters. The summed E-state index contributed by atoms with van der Waals surface area (Å²) in [5, 5.41) is 15.6. The molecule has 2 aromatic carbocycles. The Balaban J connectivity index is 1.97. The second-order valence-electron chi connectivity index (χ2n) is 6.70. The van der Waals surface area contributed by atoms with E-state index in [0.29, 0.717) is 17.0 Å². The molecule has 1 aliphatic carbocycles. The minimum Gasteiger partial charge on any atom is -0.308 e. The van der Waals surface area contributed by atoms with Gasteiger partial charge < -0.3 is 10.6 Å². The van der Waals surface area contributed by atoms with Crippen molar-refractivity contribution >= 4 is 33.3 Å². The van der Waals surface area contributed by atoms with Gasteiger partial charge in [0, 0.05) is 21.1 Å². The first kappa shape index (κ1) is 18.2. The maximum Gasteiger partial charge on any atom is 0.323 e. The molecule has 0 bridgehead atoms. The van der Waals surface area contributed by atoms with Crippen LogP contribution in [0.2, 0.25) is 0 Å². The Hall–Kier alpha value is -2.58. The first-order valence-electron chi connectivity index (χ1n) is 8.53. The van der Waals surface area contributed by atoms with Crippen LogP contribution in [0.4, 0.5) is 10.5 Å². The Bertz CT molecular complexity index is 929. The largest absolute Gasteiger partial charge is 0.323 e. The van der Waals surface area contributed by atoms with E-state index in [2.05, 4.69) is 52.5 Å². The van der Waals surface area contributed by atoms with Crippen LogP contribution < -0.4 is 10.6 Å². The lowest BCUT2D eigenvalue weighted by Crippen LogP contribution is -2.35. The number of hydrogen-bond acceptors (Lipinski definition) is 2. The number of fused-ring (bicyclic) bond motifs is 1. The Morgan fingerprint density at radius 3 is 2.69 bits per heavy atom. The average Bonchev–Trinajstić information content (AvgIpc) is 2.61. The van der Waals surface area contributed by atoms with Gasteiger partial charge in [0.05, 0.1) is 17.3 Å². The van der Waals surface area contributed by atoms with Crippen LogP contribution in [0.1, 0.15) is 31.4 Å². The molecule has 1 atom stereocenters. The van der Waals surface area contributed by atoms with Crippen molar-refractivity contribution < 1.29 is 4.79 Å². The molecule has 2 amide bonds. The van der Waals surface area contributed by atoms with Gasteiger partial charge in [0.15, 0.2) is 0 Å². The number of benzene rings is 2. The SMILES string of the molecule is CC[C@]1(C)Cc2ccccc2C(NC(=O)Nc2cccc(Br)c2)=C1C#N. The molecule has 0 fully saturated rings. The van der Waals surface area contributed by atoms with Crippen molar-refractivity contribution in [2.45, 2.75) is 26.7 Å². The van der Waals surface area contributed by atoms with E-state index in [1.54, 1.807) is 0 Å². The third-order valence-corrected chi connectivity index (χ3v) is 5.43. The Morgan fingerprint density at radius 2 is 2.00 bits per heavy atom. The molecule has 4 nitrogen and oxygen atoms in total. The summed E-state index contributed by atoms with van der Waals surface area (Å²) in [6, 6.07) is 17.3. The predicted molar refractivity (Wildman–Crippen MR) is 107 cm³/mol. The minimum atomic E-state index is -0.360. The highest BCUT2D eigenvalue weighted by Crippen LogP contribution is 2.43. The summed E-state index contributed by atoms with van der Waals surface area (Å²) in [6.07, 6.45) is 1.61. The highest BCUT2D eigenvalue weighted by Gasteiger charge is 2.36. The molecule has 0 spiro atoms. The number of allylic oxidation sites excluding steroid dienone is 1. The van der Waals surface area contributed by atoms with Crippen LogP contribution in [0, 0.1) is 16.7 Å². The van der Waals surface area contributed by atoms with E-state index in [9.17, 15) is 10.1 Å². The number of nitrogens with one attached hydrogen (secondary N) is 2. The van der Waals surface area contributed by atoms with Crippen molar-refractivity contribution in [3.8, 4) is 6.07 Å². The molecular weight excluding hydrogens is 390 g/mol. The van der Waals surface area contributed by atoms with Crippen molar-refractivity contribution in [2.24, 2.45) is 5.41 Å². The van der Waals surface area contributed by atoms with Crippen LogP contribution in [0.25, 0.3) is 5.70 Å². The smallest absolute Gasteiger partial charge is 0.308 e. The number of carbonyl (C=O) groups excluding carboxylic acids is 1. The van der Waals surface area contributed by atoms with Gasteiger partial charge in [0.2, 0.25) is 0 Å². The summed E-state index contributed by atoms with van der Waals surface area (Å²) in [5.41, 5.74) is 3.68. The fourth-order valence-electron chi connectivity index (χ4n) is 3.33. The maximum absolute atomic E-state index is 12.6. The van der Waals surface area contributed by atoms with Gasteiger partial charge >= 0.3 is 6.03 Å². The van der Waals surface area contributed by atoms with Crippen LogP contribution in [-0.2, 0) is 6.42 Å². The fourth-order valence-corrected chi connectivity index (χ4v) is 3.73. The van der Waals surface area contributed by atoms with Crippen molar-refractivity contribution in [2.75, 3.05) is 5.32 Å². The summed E-state index contributed by atoms with van der Waals surface area (Å²) in [4.78, 5) is 12.6. The molecule has 132 valence electrons. The number of nitrogens with zero attached hydrogens (tertiary/aromatic N) is 1. The number of hydrogen-bond donors (Lipinski definition) is 2. The summed E-state index contributed by atoms with van der Waals surface area (Å²) < 4.78 is 0.883. The fraction of sp³-hybridized carbons (Fsp3) is 0.238. The molecular formula is C21H20BrN3O. The highest BCUT2D eigenvalue weighted by molar-refractivity contribution is 9.10. The van der Waals surface area contributed by atoms with E-state index < -0.39 is 0 Å². The molecule has 0 aliphatic heterocycles. The third-order valence-electron chi connectivity index (χ3n) is 4.93. The first-order chi connectivity index (χ1) is 12.5. The second-order valence-corrected chi connectivity index (χ2v) is 7.62. The maximum atomic E-state index is 12.6. The second kappa shape index (κ2) is 7.35. The predicted octanol–water partition coefficient (Wildman–Crippen LogP) is 5.48. The minimum absolute atomic E-state index is 0.290. The van der Waals surface area contributed by atoms with Crippen molar-refractivity contribution in [3.05, 3.63) is 69.7 Å². The van der Waals surface area contributed by atoms with Gasteiger partial charge in [-0.15, -0.1) is 0 Å². The number of nitriles is 1. The number of urea groups is 1. The van der Waals surface area contributed by atoms with Crippen molar-refractivity contribution in [3.63, 3.8) is 0 Å². The van der Waals surface area contributed by atoms with Gasteiger partial charge in [0.25, 0.3) is 0 Å². The van der Waals surface area contributed by atoms with Crippen LogP contribution in [-0.4, -0.2) is 6.03 Å². The van der Waals surface area contributed by atoms with Gasteiger partial charge in [-0.2, -0.15) is 5.26 Å². The van der Waals surface area contributed by atoms with Gasteiger partial charge in [0.1, 0.15) is 0 Å². The zero-order chi connectivity index (χ0) is 18.7. The molecule has 26 heavy (non-hydrogen) atoms. The van der Waals surface area contributed by atoms with E-state index in [1.807, 2.05) is 42.5 Å². The molecule has 2 aromatic rings. The molecule has 3 rings (SSSR count). The monoisotopic (exact) mass is 409 g/mol. The standard InChI is InChI=1S/C21H20BrN3O/c1-3-21(2)12-14-7-4-5-10-17(14)19(18(21)13-23)25-20(26)24-16-9-6-8-15(22)11-16/h4-11H,3,12H2,1-2H3,(H2,24,25,26)/t21-/m1/s1. The van der Waals surface area contributed by atoms with Crippen LogP contribution >= 0.6 is 15.9 Å². The summed E-state index contributed by atoms with van der Waals surface area (Å²) in [5.74, 6) is 0. The van der Waals surface area contributed by atoms with Crippen LogP contribution in [0.3, 0.4) is 0 Å². The molecule has 5 heteroatoms. The van der Waals surface area contributed by atoms with Gasteiger partial charge in [-0.1, -0.05) is 60.1 Å². The number of carbonyl (C=O) groups is 1. The zero-order valence-corrected chi connectivity index (χ0v) is 16.4. The lowest BCUT2D eigenvalue weighted by atomic mass is 9.69. The zero-order valence-electron chi connectivity index (χ0n) is 14.8. The van der Waals surface area contributed by atoms with E-state index in [-0.39, 0.29) is 11.4 Å². The quantitative estimate of drug-likeness (QED) is 0.704. The normalized spacial score (nSPS) is 18.7. The average molecular weight is 410 g/mol. The molecule has 2 N–H and O–H groups in total. The lowest BCUT2D eigenvalue weighted by molar-refractivity contribution is 0.255. The van der Waals surface area contributed by atoms with Crippen molar-refractivity contribution in [1.82, 2.24) is 5.32 Å². The molecule has 0 saturated carbocycles. The summed E-state index contributed by atoms with van der Waals surface area (Å²) in [7, 11) is 0. The molecule has 0 saturated heterocycles. The van der Waals surface area contributed by atoms with E-state index in [0.717, 1.165) is 28.4 Å². The topological polar surface area (TPSA) is 64.9 Å². The first-order valence-corrected chi connectivity index (χ1v) is 9.33. The van der Waals surface area contributed by atoms with Gasteiger partial charge in [-0.3, -0.25) is 0 Å².